The highest BCUT2D eigenvalue weighted by molar-refractivity contribution is 5.38. The van der Waals surface area contributed by atoms with E-state index in [0.717, 1.165) is 24.2 Å². The van der Waals surface area contributed by atoms with Gasteiger partial charge in [-0.2, -0.15) is 0 Å². The van der Waals surface area contributed by atoms with E-state index >= 15 is 0 Å². The van der Waals surface area contributed by atoms with Crippen molar-refractivity contribution in [2.24, 2.45) is 46.3 Å². The Bertz CT molecular complexity index is 714. The van der Waals surface area contributed by atoms with Crippen LogP contribution < -0.4 is 0 Å². The maximum absolute atomic E-state index is 9.58. The van der Waals surface area contributed by atoms with Crippen LogP contribution in [0.1, 0.15) is 92.4 Å². The average Bonchev–Trinajstić information content (AvgIpc) is 3.10. The van der Waals surface area contributed by atoms with Crippen LogP contribution in [-0.2, 0) is 0 Å². The van der Waals surface area contributed by atoms with E-state index < -0.39 is 0 Å². The Labute approximate surface area is 186 Å². The second-order valence-corrected chi connectivity index (χ2v) is 11.8. The Hall–Kier alpha value is -0.820. The Morgan fingerprint density at radius 2 is 1.83 bits per heavy atom. The van der Waals surface area contributed by atoms with Crippen LogP contribution in [0.5, 0.6) is 0 Å². The highest BCUT2D eigenvalue weighted by atomic mass is 16.3. The topological polar surface area (TPSA) is 20.2 Å². The lowest BCUT2D eigenvalue weighted by atomic mass is 9.50. The predicted octanol–water partition coefficient (Wildman–Crippen LogP) is 7.72. The number of aliphatic hydroxyl groups excluding tert-OH is 1. The molecule has 0 radical (unpaired) electrons. The molecule has 0 aromatic heterocycles. The third kappa shape index (κ3) is 3.58. The minimum atomic E-state index is 0.296. The summed E-state index contributed by atoms with van der Waals surface area (Å²) in [4.78, 5) is 0. The van der Waals surface area contributed by atoms with E-state index in [4.69, 9.17) is 0 Å². The summed E-state index contributed by atoms with van der Waals surface area (Å²) in [6.45, 7) is 12.4. The Balaban J connectivity index is 1.54. The number of rotatable bonds is 6. The van der Waals surface area contributed by atoms with Crippen molar-refractivity contribution in [1.82, 2.24) is 0 Å². The van der Waals surface area contributed by atoms with E-state index in [-0.39, 0.29) is 0 Å². The molecule has 0 spiro atoms. The first-order valence-corrected chi connectivity index (χ1v) is 13.1. The van der Waals surface area contributed by atoms with Crippen molar-refractivity contribution in [3.8, 4) is 0 Å². The van der Waals surface area contributed by atoms with Gasteiger partial charge in [-0.1, -0.05) is 76.5 Å². The van der Waals surface area contributed by atoms with Crippen LogP contribution in [0.3, 0.4) is 0 Å². The van der Waals surface area contributed by atoms with E-state index in [1.165, 1.54) is 51.4 Å². The maximum atomic E-state index is 9.58. The molecule has 0 amide bonds. The third-order valence-corrected chi connectivity index (χ3v) is 10.3. The lowest BCUT2D eigenvalue weighted by Crippen LogP contribution is -2.45. The van der Waals surface area contributed by atoms with Crippen molar-refractivity contribution in [3.05, 3.63) is 35.5 Å². The summed E-state index contributed by atoms with van der Waals surface area (Å²) < 4.78 is 0. The quantitative estimate of drug-likeness (QED) is 0.444. The molecule has 4 rings (SSSR count). The van der Waals surface area contributed by atoms with Crippen molar-refractivity contribution in [2.45, 2.75) is 92.4 Å². The zero-order valence-corrected chi connectivity index (χ0v) is 20.3. The minimum absolute atomic E-state index is 0.296. The third-order valence-electron chi connectivity index (χ3n) is 10.3. The van der Waals surface area contributed by atoms with Gasteiger partial charge in [-0.15, -0.1) is 0 Å². The molecule has 1 N–H and O–H groups in total. The van der Waals surface area contributed by atoms with Gasteiger partial charge in [0, 0.05) is 6.61 Å². The zero-order chi connectivity index (χ0) is 21.5. The predicted molar refractivity (Wildman–Crippen MR) is 128 cm³/mol. The summed E-state index contributed by atoms with van der Waals surface area (Å²) in [7, 11) is 0. The van der Waals surface area contributed by atoms with Crippen molar-refractivity contribution >= 4 is 0 Å². The Morgan fingerprint density at radius 1 is 1.03 bits per heavy atom. The molecule has 0 aromatic rings. The first-order chi connectivity index (χ1) is 14.3. The normalized spacial score (nSPS) is 41.3. The van der Waals surface area contributed by atoms with E-state index in [2.05, 4.69) is 58.9 Å². The fraction of sp³-hybridized carbons (Fsp3) is 0.793. The summed E-state index contributed by atoms with van der Waals surface area (Å²) in [6.07, 6.45) is 22.4. The minimum Gasteiger partial charge on any atom is -0.396 e. The summed E-state index contributed by atoms with van der Waals surface area (Å²) in [5, 5.41) is 9.58. The van der Waals surface area contributed by atoms with Gasteiger partial charge in [-0.3, -0.25) is 0 Å². The number of fused-ring (bicyclic) bond motifs is 5. The summed E-state index contributed by atoms with van der Waals surface area (Å²) >= 11 is 0. The number of hydrogen-bond donors (Lipinski definition) is 1. The standard InChI is InChI=1S/C29H46O/c1-6-22(21(3)19-30)11-10-20(2)25-14-15-26-24-13-12-23-9-7-8-17-28(23,4)27(24)16-18-29(25,26)5/h10-13,20-22,25-27,30H,6-9,14-19H2,1-5H3/t20-,21?,22?,25-,26+,27+,28+,29-/m1/s1. The molecular weight excluding hydrogens is 364 g/mol. The van der Waals surface area contributed by atoms with Crippen LogP contribution in [0, 0.1) is 46.3 Å². The molecule has 4 aliphatic carbocycles. The van der Waals surface area contributed by atoms with E-state index in [0.29, 0.717) is 35.2 Å². The zero-order valence-electron chi connectivity index (χ0n) is 20.3. The van der Waals surface area contributed by atoms with Crippen LogP contribution in [0.2, 0.25) is 0 Å². The van der Waals surface area contributed by atoms with Crippen molar-refractivity contribution in [1.29, 1.82) is 0 Å². The Morgan fingerprint density at radius 3 is 2.57 bits per heavy atom. The fourth-order valence-electron chi connectivity index (χ4n) is 8.26. The van der Waals surface area contributed by atoms with Crippen molar-refractivity contribution < 1.29 is 5.11 Å². The lowest BCUT2D eigenvalue weighted by molar-refractivity contribution is 0.0574. The molecule has 0 bridgehead atoms. The fourth-order valence-corrected chi connectivity index (χ4v) is 8.26. The van der Waals surface area contributed by atoms with Gasteiger partial charge in [0.05, 0.1) is 0 Å². The summed E-state index contributed by atoms with van der Waals surface area (Å²) in [5.41, 5.74) is 4.52. The highest BCUT2D eigenvalue weighted by Gasteiger charge is 2.56. The first kappa shape index (κ1) is 22.4. The monoisotopic (exact) mass is 410 g/mol. The molecule has 0 aliphatic heterocycles. The summed E-state index contributed by atoms with van der Waals surface area (Å²) in [6, 6.07) is 0. The molecule has 1 heteroatoms. The molecule has 0 heterocycles. The molecule has 30 heavy (non-hydrogen) atoms. The van der Waals surface area contributed by atoms with Crippen LogP contribution in [-0.4, -0.2) is 11.7 Å². The second-order valence-electron chi connectivity index (χ2n) is 11.8. The molecule has 1 nitrogen and oxygen atoms in total. The largest absolute Gasteiger partial charge is 0.396 e. The van der Waals surface area contributed by atoms with Crippen LogP contribution in [0.25, 0.3) is 0 Å². The van der Waals surface area contributed by atoms with Gasteiger partial charge in [0.2, 0.25) is 0 Å². The average molecular weight is 411 g/mol. The molecular formula is C29H46O. The molecule has 8 atom stereocenters. The van der Waals surface area contributed by atoms with Gasteiger partial charge in [-0.05, 0) is 97.7 Å². The van der Waals surface area contributed by atoms with E-state index in [1.54, 1.807) is 5.57 Å². The second kappa shape index (κ2) is 8.61. The number of aliphatic hydroxyl groups is 1. The molecule has 168 valence electrons. The van der Waals surface area contributed by atoms with Gasteiger partial charge in [0.25, 0.3) is 0 Å². The smallest absolute Gasteiger partial charge is 0.0462 e. The molecule has 3 fully saturated rings. The molecule has 0 saturated heterocycles. The maximum Gasteiger partial charge on any atom is 0.0462 e. The Kier molecular flexibility index (Phi) is 6.42. The van der Waals surface area contributed by atoms with Gasteiger partial charge in [-0.25, -0.2) is 0 Å². The van der Waals surface area contributed by atoms with Crippen LogP contribution in [0.4, 0.5) is 0 Å². The lowest BCUT2D eigenvalue weighted by Gasteiger charge is -2.54. The molecule has 0 aromatic carbocycles. The molecule has 3 saturated carbocycles. The first-order valence-electron chi connectivity index (χ1n) is 13.1. The summed E-state index contributed by atoms with van der Waals surface area (Å²) in [5.74, 6) is 3.92. The molecule has 2 unspecified atom stereocenters. The SMILES string of the molecule is CCC(C=C[C@@H](C)[C@H]1CC[C@H]2C3=CC=C4CCCC[C@]4(C)[C@H]3CC[C@]12C)C(C)CO. The van der Waals surface area contributed by atoms with Crippen LogP contribution in [0.15, 0.2) is 35.5 Å². The van der Waals surface area contributed by atoms with Gasteiger partial charge in [0.15, 0.2) is 0 Å². The van der Waals surface area contributed by atoms with E-state index in [9.17, 15) is 5.11 Å². The van der Waals surface area contributed by atoms with Gasteiger partial charge >= 0.3 is 0 Å². The number of allylic oxidation sites excluding steroid dienone is 6. The highest BCUT2D eigenvalue weighted by Crippen LogP contribution is 2.65. The van der Waals surface area contributed by atoms with E-state index in [1.807, 2.05) is 5.57 Å². The van der Waals surface area contributed by atoms with Gasteiger partial charge in [0.1, 0.15) is 0 Å². The van der Waals surface area contributed by atoms with Crippen LogP contribution >= 0.6 is 0 Å². The molecule has 4 aliphatic rings. The van der Waals surface area contributed by atoms with Crippen molar-refractivity contribution in [2.75, 3.05) is 6.61 Å². The number of hydrogen-bond acceptors (Lipinski definition) is 1. The van der Waals surface area contributed by atoms with Crippen molar-refractivity contribution in [3.63, 3.8) is 0 Å². The van der Waals surface area contributed by atoms with Gasteiger partial charge < -0.3 is 5.11 Å².